The molecule has 2 heterocycles. The fourth-order valence-corrected chi connectivity index (χ4v) is 4.87. The van der Waals surface area contributed by atoms with Gasteiger partial charge in [-0.05, 0) is 42.7 Å². The van der Waals surface area contributed by atoms with Crippen LogP contribution >= 0.6 is 11.8 Å². The van der Waals surface area contributed by atoms with Crippen LogP contribution in [0, 0.1) is 6.92 Å². The standard InChI is InChI=1S/C24H25N3O3S/c1-4-30-18-11-9-16(10-12-18)19-13-20(28)25-22-21(19)23(29)26-24(27(22)3)31-14-17-8-6-5-7-15(17)2/h5-12,19H,4,13-14H2,1-3H3,(H,25,28). The van der Waals surface area contributed by atoms with E-state index in [1.165, 1.54) is 22.9 Å². The van der Waals surface area contributed by atoms with Crippen molar-refractivity contribution in [1.82, 2.24) is 9.55 Å². The second kappa shape index (κ2) is 8.98. The number of hydrogen-bond donors (Lipinski definition) is 1. The molecule has 1 aliphatic rings. The van der Waals surface area contributed by atoms with Crippen molar-refractivity contribution in [1.29, 1.82) is 0 Å². The summed E-state index contributed by atoms with van der Waals surface area (Å²) in [6, 6.07) is 15.7. The minimum absolute atomic E-state index is 0.109. The SMILES string of the molecule is CCOc1ccc(C2CC(=O)Nc3c2c(=O)nc(SCc2ccccc2C)n3C)cc1. The van der Waals surface area contributed by atoms with Crippen molar-refractivity contribution >= 4 is 23.5 Å². The lowest BCUT2D eigenvalue weighted by molar-refractivity contribution is -0.116. The van der Waals surface area contributed by atoms with Gasteiger partial charge in [0.15, 0.2) is 5.16 Å². The van der Waals surface area contributed by atoms with E-state index in [-0.39, 0.29) is 23.8 Å². The van der Waals surface area contributed by atoms with Crippen molar-refractivity contribution in [3.05, 3.63) is 81.1 Å². The predicted molar refractivity (Wildman–Crippen MR) is 123 cm³/mol. The first-order chi connectivity index (χ1) is 15.0. The molecule has 7 heteroatoms. The number of rotatable bonds is 6. The third kappa shape index (κ3) is 4.37. The van der Waals surface area contributed by atoms with Crippen molar-refractivity contribution in [3.63, 3.8) is 0 Å². The Balaban J connectivity index is 1.68. The summed E-state index contributed by atoms with van der Waals surface area (Å²) < 4.78 is 7.33. The molecule has 0 fully saturated rings. The Labute approximate surface area is 185 Å². The van der Waals surface area contributed by atoms with E-state index < -0.39 is 0 Å². The maximum Gasteiger partial charge on any atom is 0.279 e. The normalized spacial score (nSPS) is 15.3. The van der Waals surface area contributed by atoms with Crippen LogP contribution in [0.25, 0.3) is 0 Å². The Morgan fingerprint density at radius 1 is 1.16 bits per heavy atom. The highest BCUT2D eigenvalue weighted by molar-refractivity contribution is 7.98. The average Bonchev–Trinajstić information content (AvgIpc) is 2.76. The van der Waals surface area contributed by atoms with Gasteiger partial charge in [0.1, 0.15) is 11.6 Å². The number of aromatic nitrogens is 2. The molecule has 0 bridgehead atoms. The molecule has 0 saturated carbocycles. The Morgan fingerprint density at radius 2 is 1.90 bits per heavy atom. The van der Waals surface area contributed by atoms with Gasteiger partial charge in [0.2, 0.25) is 5.91 Å². The number of thioether (sulfide) groups is 1. The van der Waals surface area contributed by atoms with Gasteiger partial charge in [-0.2, -0.15) is 4.98 Å². The summed E-state index contributed by atoms with van der Waals surface area (Å²) >= 11 is 1.49. The van der Waals surface area contributed by atoms with Crippen molar-refractivity contribution in [2.75, 3.05) is 11.9 Å². The topological polar surface area (TPSA) is 73.2 Å². The van der Waals surface area contributed by atoms with Gasteiger partial charge in [0.05, 0.1) is 12.2 Å². The van der Waals surface area contributed by atoms with Crippen molar-refractivity contribution in [2.24, 2.45) is 7.05 Å². The number of ether oxygens (including phenoxy) is 1. The van der Waals surface area contributed by atoms with Gasteiger partial charge in [-0.1, -0.05) is 48.2 Å². The first-order valence-corrected chi connectivity index (χ1v) is 11.3. The molecule has 0 spiro atoms. The van der Waals surface area contributed by atoms with Gasteiger partial charge < -0.3 is 14.6 Å². The summed E-state index contributed by atoms with van der Waals surface area (Å²) in [6.45, 7) is 4.58. The number of amides is 1. The van der Waals surface area contributed by atoms with Gasteiger partial charge >= 0.3 is 0 Å². The number of nitrogens with one attached hydrogen (secondary N) is 1. The second-order valence-corrected chi connectivity index (χ2v) is 8.49. The molecule has 2 aromatic carbocycles. The summed E-state index contributed by atoms with van der Waals surface area (Å²) in [5.74, 6) is 1.55. The number of nitrogens with zero attached hydrogens (tertiary/aromatic N) is 2. The molecule has 1 atom stereocenters. The maximum atomic E-state index is 13.1. The van der Waals surface area contributed by atoms with E-state index in [1.54, 1.807) is 0 Å². The molecule has 1 aliphatic heterocycles. The molecule has 1 amide bonds. The number of carbonyl (C=O) groups is 1. The third-order valence-corrected chi connectivity index (χ3v) is 6.59. The summed E-state index contributed by atoms with van der Waals surface area (Å²) in [4.78, 5) is 29.9. The van der Waals surface area contributed by atoms with Gasteiger partial charge in [0.25, 0.3) is 5.56 Å². The molecule has 0 radical (unpaired) electrons. The zero-order chi connectivity index (χ0) is 22.0. The Kier molecular flexibility index (Phi) is 6.13. The highest BCUT2D eigenvalue weighted by Gasteiger charge is 2.32. The molecule has 31 heavy (non-hydrogen) atoms. The first kappa shape index (κ1) is 21.2. The predicted octanol–water partition coefficient (Wildman–Crippen LogP) is 4.25. The van der Waals surface area contributed by atoms with Crippen LogP contribution in [-0.2, 0) is 17.6 Å². The average molecular weight is 436 g/mol. The largest absolute Gasteiger partial charge is 0.494 e. The third-order valence-electron chi connectivity index (χ3n) is 5.51. The molecule has 6 nitrogen and oxygen atoms in total. The van der Waals surface area contributed by atoms with Gasteiger partial charge in [-0.25, -0.2) is 0 Å². The molecular weight excluding hydrogens is 410 g/mol. The van der Waals surface area contributed by atoms with Gasteiger partial charge in [-0.3, -0.25) is 9.59 Å². The number of benzene rings is 2. The zero-order valence-electron chi connectivity index (χ0n) is 17.8. The van der Waals surface area contributed by atoms with E-state index in [1.807, 2.05) is 54.9 Å². The molecule has 1 unspecified atom stereocenters. The fourth-order valence-electron chi connectivity index (χ4n) is 3.83. The van der Waals surface area contributed by atoms with Crippen LogP contribution < -0.4 is 15.6 Å². The highest BCUT2D eigenvalue weighted by Crippen LogP contribution is 2.36. The minimum atomic E-state index is -0.332. The molecule has 0 aliphatic carbocycles. The lowest BCUT2D eigenvalue weighted by Crippen LogP contribution is -2.33. The van der Waals surface area contributed by atoms with Crippen LogP contribution in [0.15, 0.2) is 58.5 Å². The quantitative estimate of drug-likeness (QED) is 0.463. The lowest BCUT2D eigenvalue weighted by Gasteiger charge is -2.27. The number of hydrogen-bond acceptors (Lipinski definition) is 5. The Morgan fingerprint density at radius 3 is 2.61 bits per heavy atom. The molecule has 4 rings (SSSR count). The zero-order valence-corrected chi connectivity index (χ0v) is 18.7. The van der Waals surface area contributed by atoms with Crippen LogP contribution in [-0.4, -0.2) is 22.1 Å². The summed E-state index contributed by atoms with van der Waals surface area (Å²) in [6.07, 6.45) is 0.216. The van der Waals surface area contributed by atoms with Gasteiger partial charge in [0, 0.05) is 25.1 Å². The van der Waals surface area contributed by atoms with E-state index in [2.05, 4.69) is 29.4 Å². The van der Waals surface area contributed by atoms with E-state index in [9.17, 15) is 9.59 Å². The molecule has 0 saturated heterocycles. The molecule has 160 valence electrons. The van der Waals surface area contributed by atoms with Crippen LogP contribution in [0.5, 0.6) is 5.75 Å². The second-order valence-electron chi connectivity index (χ2n) is 7.54. The molecule has 1 N–H and O–H groups in total. The summed E-state index contributed by atoms with van der Waals surface area (Å²) in [7, 11) is 1.84. The summed E-state index contributed by atoms with van der Waals surface area (Å²) in [5, 5.41) is 3.48. The van der Waals surface area contributed by atoms with E-state index >= 15 is 0 Å². The maximum absolute atomic E-state index is 13.1. The minimum Gasteiger partial charge on any atom is -0.494 e. The fraction of sp³-hybridized carbons (Fsp3) is 0.292. The number of anilines is 1. The van der Waals surface area contributed by atoms with Crippen LogP contribution in [0.1, 0.15) is 41.5 Å². The van der Waals surface area contributed by atoms with Crippen LogP contribution in [0.4, 0.5) is 5.82 Å². The number of fused-ring (bicyclic) bond motifs is 1. The monoisotopic (exact) mass is 435 g/mol. The van der Waals surface area contributed by atoms with Gasteiger partial charge in [-0.15, -0.1) is 0 Å². The van der Waals surface area contributed by atoms with Crippen molar-refractivity contribution in [2.45, 2.75) is 37.1 Å². The summed E-state index contributed by atoms with van der Waals surface area (Å²) in [5.41, 5.74) is 3.53. The molecular formula is C24H25N3O3S. The number of aryl methyl sites for hydroxylation is 1. The van der Waals surface area contributed by atoms with Crippen LogP contribution in [0.3, 0.4) is 0 Å². The first-order valence-electron chi connectivity index (χ1n) is 10.3. The molecule has 3 aromatic rings. The highest BCUT2D eigenvalue weighted by atomic mass is 32.2. The smallest absolute Gasteiger partial charge is 0.279 e. The van der Waals surface area contributed by atoms with E-state index in [0.29, 0.717) is 28.9 Å². The van der Waals surface area contributed by atoms with Crippen LogP contribution in [0.2, 0.25) is 0 Å². The molecule has 1 aromatic heterocycles. The Hall–Kier alpha value is -3.06. The Bertz CT molecular complexity index is 1170. The van der Waals surface area contributed by atoms with Crippen molar-refractivity contribution < 1.29 is 9.53 Å². The lowest BCUT2D eigenvalue weighted by atomic mass is 9.87. The van der Waals surface area contributed by atoms with E-state index in [0.717, 1.165) is 11.3 Å². The van der Waals surface area contributed by atoms with Crippen molar-refractivity contribution in [3.8, 4) is 5.75 Å². The van der Waals surface area contributed by atoms with E-state index in [4.69, 9.17) is 4.74 Å². The number of carbonyl (C=O) groups excluding carboxylic acids is 1.